The van der Waals surface area contributed by atoms with Crippen LogP contribution in [0.2, 0.25) is 0 Å². The van der Waals surface area contributed by atoms with Gasteiger partial charge in [-0.1, -0.05) is 18.2 Å². The van der Waals surface area contributed by atoms with Gasteiger partial charge < -0.3 is 10.6 Å². The van der Waals surface area contributed by atoms with Crippen LogP contribution in [0.15, 0.2) is 46.4 Å². The number of aliphatic imine (C=N–C) groups is 1. The molecule has 1 aromatic heterocycles. The SMILES string of the molecule is CN=C(NCCNS(=O)(=O)c1ccccc1)NCc1ncc(C)s1.I. The van der Waals surface area contributed by atoms with Crippen LogP contribution in [-0.4, -0.2) is 39.5 Å². The fourth-order valence-electron chi connectivity index (χ4n) is 1.91. The van der Waals surface area contributed by atoms with E-state index in [1.54, 1.807) is 48.7 Å². The first kappa shape index (κ1) is 21.8. The smallest absolute Gasteiger partial charge is 0.240 e. The van der Waals surface area contributed by atoms with Crippen molar-refractivity contribution < 1.29 is 8.42 Å². The van der Waals surface area contributed by atoms with Crippen LogP contribution in [-0.2, 0) is 16.6 Å². The van der Waals surface area contributed by atoms with E-state index >= 15 is 0 Å². The molecular formula is C15H22IN5O2S2. The third-order valence-electron chi connectivity index (χ3n) is 3.06. The van der Waals surface area contributed by atoms with Gasteiger partial charge in [-0.05, 0) is 19.1 Å². The molecule has 0 aliphatic carbocycles. The summed E-state index contributed by atoms with van der Waals surface area (Å²) in [6.07, 6.45) is 1.83. The number of thiazole rings is 1. The summed E-state index contributed by atoms with van der Waals surface area (Å²) >= 11 is 1.62. The second kappa shape index (κ2) is 10.7. The Morgan fingerprint density at radius 2 is 1.92 bits per heavy atom. The maximum atomic E-state index is 12.1. The third kappa shape index (κ3) is 7.26. The molecular weight excluding hydrogens is 473 g/mol. The van der Waals surface area contributed by atoms with Gasteiger partial charge >= 0.3 is 0 Å². The highest BCUT2D eigenvalue weighted by Gasteiger charge is 2.12. The number of nitrogens with one attached hydrogen (secondary N) is 3. The lowest BCUT2D eigenvalue weighted by atomic mass is 10.4. The molecule has 0 atom stereocenters. The first-order valence-electron chi connectivity index (χ1n) is 7.42. The van der Waals surface area contributed by atoms with Crippen LogP contribution in [0.5, 0.6) is 0 Å². The lowest BCUT2D eigenvalue weighted by Crippen LogP contribution is -2.41. The second-order valence-corrected chi connectivity index (χ2v) is 8.01. The lowest BCUT2D eigenvalue weighted by molar-refractivity contribution is 0.580. The molecule has 1 heterocycles. The monoisotopic (exact) mass is 495 g/mol. The minimum Gasteiger partial charge on any atom is -0.355 e. The molecule has 0 radical (unpaired) electrons. The summed E-state index contributed by atoms with van der Waals surface area (Å²) in [6, 6.07) is 8.29. The Hall–Kier alpha value is -1.24. The van der Waals surface area contributed by atoms with E-state index in [1.807, 2.05) is 13.1 Å². The molecule has 0 bridgehead atoms. The van der Waals surface area contributed by atoms with Crippen molar-refractivity contribution in [2.45, 2.75) is 18.4 Å². The van der Waals surface area contributed by atoms with Crippen molar-refractivity contribution in [1.82, 2.24) is 20.3 Å². The number of rotatable bonds is 7. The molecule has 0 spiro atoms. The van der Waals surface area contributed by atoms with E-state index in [9.17, 15) is 8.42 Å². The van der Waals surface area contributed by atoms with E-state index in [1.165, 1.54) is 0 Å². The first-order valence-corrected chi connectivity index (χ1v) is 9.72. The zero-order chi connectivity index (χ0) is 17.4. The number of halogens is 1. The van der Waals surface area contributed by atoms with E-state index < -0.39 is 10.0 Å². The summed E-state index contributed by atoms with van der Waals surface area (Å²) in [5, 5.41) is 7.17. The number of benzene rings is 1. The molecule has 2 rings (SSSR count). The Labute approximate surface area is 169 Å². The molecule has 0 aliphatic heterocycles. The minimum atomic E-state index is -3.48. The summed E-state index contributed by atoms with van der Waals surface area (Å²) in [6.45, 7) is 3.26. The number of sulfonamides is 1. The predicted octanol–water partition coefficient (Wildman–Crippen LogP) is 1.71. The van der Waals surface area contributed by atoms with Gasteiger partial charge in [0.25, 0.3) is 0 Å². The normalized spacial score (nSPS) is 11.7. The van der Waals surface area contributed by atoms with Crippen LogP contribution in [0.4, 0.5) is 0 Å². The maximum absolute atomic E-state index is 12.1. The van der Waals surface area contributed by atoms with E-state index in [0.717, 1.165) is 9.88 Å². The van der Waals surface area contributed by atoms with Gasteiger partial charge in [-0.15, -0.1) is 35.3 Å². The zero-order valence-electron chi connectivity index (χ0n) is 14.0. The summed E-state index contributed by atoms with van der Waals surface area (Å²) in [7, 11) is -1.81. The number of guanidine groups is 1. The Balaban J connectivity index is 0.00000312. The van der Waals surface area contributed by atoms with Gasteiger partial charge in [0, 0.05) is 31.2 Å². The molecule has 7 nitrogen and oxygen atoms in total. The van der Waals surface area contributed by atoms with E-state index in [-0.39, 0.29) is 35.4 Å². The van der Waals surface area contributed by atoms with E-state index in [2.05, 4.69) is 25.3 Å². The molecule has 3 N–H and O–H groups in total. The number of hydrogen-bond acceptors (Lipinski definition) is 5. The molecule has 10 heteroatoms. The van der Waals surface area contributed by atoms with Crippen molar-refractivity contribution >= 4 is 51.3 Å². The molecule has 25 heavy (non-hydrogen) atoms. The minimum absolute atomic E-state index is 0. The fraction of sp³-hybridized carbons (Fsp3) is 0.333. The number of aryl methyl sites for hydroxylation is 1. The van der Waals surface area contributed by atoms with Crippen LogP contribution in [0.3, 0.4) is 0 Å². The Bertz CT molecular complexity index is 778. The highest BCUT2D eigenvalue weighted by Crippen LogP contribution is 2.10. The Morgan fingerprint density at radius 3 is 2.52 bits per heavy atom. The van der Waals surface area contributed by atoms with Crippen molar-refractivity contribution in [3.63, 3.8) is 0 Å². The predicted molar refractivity (Wildman–Crippen MR) is 112 cm³/mol. The van der Waals surface area contributed by atoms with Gasteiger partial charge in [0.05, 0.1) is 11.4 Å². The summed E-state index contributed by atoms with van der Waals surface area (Å²) in [5.41, 5.74) is 0. The van der Waals surface area contributed by atoms with Crippen molar-refractivity contribution in [2.75, 3.05) is 20.1 Å². The van der Waals surface area contributed by atoms with Gasteiger partial charge in [-0.25, -0.2) is 18.1 Å². The van der Waals surface area contributed by atoms with Crippen molar-refractivity contribution in [2.24, 2.45) is 4.99 Å². The molecule has 2 aromatic rings. The van der Waals surface area contributed by atoms with Gasteiger partial charge in [0.15, 0.2) is 5.96 Å². The molecule has 0 amide bonds. The summed E-state index contributed by atoms with van der Waals surface area (Å²) in [5.74, 6) is 0.599. The fourth-order valence-corrected chi connectivity index (χ4v) is 3.69. The number of nitrogens with zero attached hydrogens (tertiary/aromatic N) is 2. The molecule has 0 unspecified atom stereocenters. The molecule has 0 saturated carbocycles. The second-order valence-electron chi connectivity index (χ2n) is 4.93. The molecule has 1 aromatic carbocycles. The average Bonchev–Trinajstić information content (AvgIpc) is 3.00. The number of aromatic nitrogens is 1. The third-order valence-corrected chi connectivity index (χ3v) is 5.45. The Morgan fingerprint density at radius 1 is 1.20 bits per heavy atom. The summed E-state index contributed by atoms with van der Waals surface area (Å²) < 4.78 is 26.7. The molecule has 138 valence electrons. The highest BCUT2D eigenvalue weighted by molar-refractivity contribution is 14.0. The van der Waals surface area contributed by atoms with E-state index in [4.69, 9.17) is 0 Å². The van der Waals surface area contributed by atoms with Crippen molar-refractivity contribution in [1.29, 1.82) is 0 Å². The van der Waals surface area contributed by atoms with Gasteiger partial charge in [0.1, 0.15) is 5.01 Å². The zero-order valence-corrected chi connectivity index (χ0v) is 18.0. The highest BCUT2D eigenvalue weighted by atomic mass is 127. The summed E-state index contributed by atoms with van der Waals surface area (Å²) in [4.78, 5) is 9.78. The van der Waals surface area contributed by atoms with Crippen LogP contribution >= 0.6 is 35.3 Å². The van der Waals surface area contributed by atoms with Gasteiger partial charge in [-0.3, -0.25) is 4.99 Å². The van der Waals surface area contributed by atoms with Gasteiger partial charge in [-0.2, -0.15) is 0 Å². The average molecular weight is 495 g/mol. The topological polar surface area (TPSA) is 95.5 Å². The van der Waals surface area contributed by atoms with Crippen LogP contribution in [0.25, 0.3) is 0 Å². The Kier molecular flexibility index (Phi) is 9.32. The van der Waals surface area contributed by atoms with Gasteiger partial charge in [0.2, 0.25) is 10.0 Å². The van der Waals surface area contributed by atoms with Crippen LogP contribution in [0.1, 0.15) is 9.88 Å². The lowest BCUT2D eigenvalue weighted by Gasteiger charge is -2.11. The van der Waals surface area contributed by atoms with Crippen LogP contribution < -0.4 is 15.4 Å². The number of hydrogen-bond donors (Lipinski definition) is 3. The quantitative estimate of drug-likeness (QED) is 0.235. The largest absolute Gasteiger partial charge is 0.355 e. The standard InChI is InChI=1S/C15H21N5O2S2.HI/c1-12-10-18-14(23-12)11-19-15(16-2)17-8-9-20-24(21,22)13-6-4-3-5-7-13;/h3-7,10,20H,8-9,11H2,1-2H3,(H2,16,17,19);1H. The van der Waals surface area contributed by atoms with Crippen molar-refractivity contribution in [3.05, 3.63) is 46.4 Å². The van der Waals surface area contributed by atoms with E-state index in [0.29, 0.717) is 19.0 Å². The molecule has 0 aliphatic rings. The van der Waals surface area contributed by atoms with Crippen LogP contribution in [0, 0.1) is 6.92 Å². The molecule has 0 saturated heterocycles. The maximum Gasteiger partial charge on any atom is 0.240 e. The van der Waals surface area contributed by atoms with Crippen molar-refractivity contribution in [3.8, 4) is 0 Å². The first-order chi connectivity index (χ1) is 11.5. The molecule has 0 fully saturated rings.